The van der Waals surface area contributed by atoms with Crippen molar-refractivity contribution in [1.82, 2.24) is 4.90 Å². The third-order valence-corrected chi connectivity index (χ3v) is 9.03. The molecule has 1 heterocycles. The van der Waals surface area contributed by atoms with E-state index in [2.05, 4.69) is 60.4 Å². The van der Waals surface area contributed by atoms with Crippen LogP contribution in [-0.4, -0.2) is 35.1 Å². The number of nitrogens with two attached hydrogens (primary N) is 1. The molecule has 1 fully saturated rings. The van der Waals surface area contributed by atoms with Gasteiger partial charge >= 0.3 is 0 Å². The van der Waals surface area contributed by atoms with Gasteiger partial charge in [-0.25, -0.2) is 0 Å². The lowest BCUT2D eigenvalue weighted by atomic mass is 9.97. The summed E-state index contributed by atoms with van der Waals surface area (Å²) < 4.78 is 13.2. The molecule has 4 aromatic rings. The van der Waals surface area contributed by atoms with Crippen molar-refractivity contribution in [3.63, 3.8) is 0 Å². The number of ether oxygens (including phenoxy) is 2. The number of likely N-dealkylation sites (tertiary alicyclic amines) is 1. The van der Waals surface area contributed by atoms with Gasteiger partial charge in [-0.05, 0) is 96.6 Å². The molecule has 4 aromatic carbocycles. The third kappa shape index (κ3) is 6.31. The molecular formula is C37H40N2O4. The van der Waals surface area contributed by atoms with Gasteiger partial charge in [0.15, 0.2) is 0 Å². The second-order valence-electron chi connectivity index (χ2n) is 11.7. The lowest BCUT2D eigenvalue weighted by Crippen LogP contribution is -2.32. The number of aliphatic hydroxyl groups excluding tert-OH is 1. The van der Waals surface area contributed by atoms with Crippen LogP contribution in [0, 0.1) is 6.92 Å². The molecular weight excluding hydrogens is 536 g/mol. The van der Waals surface area contributed by atoms with Crippen molar-refractivity contribution in [3.8, 4) is 22.6 Å². The molecule has 43 heavy (non-hydrogen) atoms. The van der Waals surface area contributed by atoms with E-state index in [0.717, 1.165) is 67.8 Å². The molecule has 0 bridgehead atoms. The average Bonchev–Trinajstić information content (AvgIpc) is 3.71. The molecule has 1 aliphatic carbocycles. The van der Waals surface area contributed by atoms with E-state index in [9.17, 15) is 9.90 Å². The minimum atomic E-state index is -0.452. The Bertz CT molecular complexity index is 1600. The van der Waals surface area contributed by atoms with Crippen molar-refractivity contribution >= 4 is 5.91 Å². The van der Waals surface area contributed by atoms with Crippen LogP contribution >= 0.6 is 0 Å². The molecule has 0 saturated carbocycles. The summed E-state index contributed by atoms with van der Waals surface area (Å²) in [6.07, 6.45) is 5.14. The van der Waals surface area contributed by atoms with Gasteiger partial charge in [0.2, 0.25) is 5.91 Å². The largest absolute Gasteiger partial charge is 0.488 e. The Labute approximate surface area is 254 Å². The number of carbonyl (C=O) groups is 1. The van der Waals surface area contributed by atoms with Crippen LogP contribution in [0.3, 0.4) is 0 Å². The lowest BCUT2D eigenvalue weighted by molar-refractivity contribution is 0.1000. The van der Waals surface area contributed by atoms with Crippen LogP contribution in [0.5, 0.6) is 11.5 Å². The highest BCUT2D eigenvalue weighted by atomic mass is 16.5. The Balaban J connectivity index is 1.31. The van der Waals surface area contributed by atoms with Gasteiger partial charge in [0, 0.05) is 29.8 Å². The Morgan fingerprint density at radius 3 is 2.51 bits per heavy atom. The highest BCUT2D eigenvalue weighted by molar-refractivity contribution is 5.92. The molecule has 1 amide bonds. The maximum Gasteiger partial charge on any atom is 0.248 e. The Hall–Kier alpha value is -4.13. The minimum absolute atomic E-state index is 0.168. The molecule has 6 rings (SSSR count). The van der Waals surface area contributed by atoms with E-state index in [1.807, 2.05) is 18.2 Å². The van der Waals surface area contributed by atoms with Crippen molar-refractivity contribution in [1.29, 1.82) is 0 Å². The Kier molecular flexibility index (Phi) is 8.77. The van der Waals surface area contributed by atoms with E-state index >= 15 is 0 Å². The predicted octanol–water partition coefficient (Wildman–Crippen LogP) is 6.36. The third-order valence-electron chi connectivity index (χ3n) is 9.03. The zero-order chi connectivity index (χ0) is 29.8. The van der Waals surface area contributed by atoms with Crippen LogP contribution in [0.1, 0.15) is 63.0 Å². The van der Waals surface area contributed by atoms with Gasteiger partial charge in [-0.15, -0.1) is 0 Å². The molecule has 2 aliphatic rings. The first-order valence-corrected chi connectivity index (χ1v) is 15.3. The van der Waals surface area contributed by atoms with E-state index in [0.29, 0.717) is 18.8 Å². The second kappa shape index (κ2) is 13.0. The van der Waals surface area contributed by atoms with Crippen LogP contribution in [0.4, 0.5) is 0 Å². The number of amides is 1. The van der Waals surface area contributed by atoms with E-state index in [-0.39, 0.29) is 12.6 Å². The van der Waals surface area contributed by atoms with Crippen molar-refractivity contribution < 1.29 is 19.4 Å². The quantitative estimate of drug-likeness (QED) is 0.217. The van der Waals surface area contributed by atoms with Crippen LogP contribution in [0.15, 0.2) is 78.9 Å². The van der Waals surface area contributed by atoms with Gasteiger partial charge in [-0.1, -0.05) is 60.7 Å². The minimum Gasteiger partial charge on any atom is -0.488 e. The summed E-state index contributed by atoms with van der Waals surface area (Å²) in [6, 6.07) is 26.4. The first kappa shape index (κ1) is 29.0. The van der Waals surface area contributed by atoms with Crippen molar-refractivity contribution in [2.75, 3.05) is 13.2 Å². The summed E-state index contributed by atoms with van der Waals surface area (Å²) in [5.41, 5.74) is 15.4. The number of nitrogens with zero attached hydrogens (tertiary/aromatic N) is 1. The predicted molar refractivity (Wildman–Crippen MR) is 169 cm³/mol. The molecule has 0 spiro atoms. The fourth-order valence-electron chi connectivity index (χ4n) is 6.64. The summed E-state index contributed by atoms with van der Waals surface area (Å²) in [5, 5.41) is 10.0. The maximum absolute atomic E-state index is 11.8. The van der Waals surface area contributed by atoms with E-state index in [1.165, 1.54) is 33.4 Å². The molecule has 6 heteroatoms. The van der Waals surface area contributed by atoms with Crippen LogP contribution < -0.4 is 15.2 Å². The van der Waals surface area contributed by atoms with Gasteiger partial charge in [0.1, 0.15) is 24.7 Å². The fraction of sp³-hybridized carbons (Fsp3) is 0.324. The van der Waals surface area contributed by atoms with Crippen molar-refractivity contribution in [2.24, 2.45) is 5.73 Å². The number of carbonyl (C=O) groups excluding carboxylic acids is 1. The number of hydrogen-bond donors (Lipinski definition) is 2. The average molecular weight is 577 g/mol. The number of primary amides is 1. The monoisotopic (exact) mass is 576 g/mol. The maximum atomic E-state index is 11.8. The zero-order valence-corrected chi connectivity index (χ0v) is 24.9. The molecule has 0 radical (unpaired) electrons. The highest BCUT2D eigenvalue weighted by Crippen LogP contribution is 2.41. The second-order valence-corrected chi connectivity index (χ2v) is 11.7. The molecule has 0 aromatic heterocycles. The summed E-state index contributed by atoms with van der Waals surface area (Å²) in [4.78, 5) is 14.1. The summed E-state index contributed by atoms with van der Waals surface area (Å²) in [5.74, 6) is 1.23. The SMILES string of the molecule is Cc1c(COc2cc(OCc3cccc(C(N)=O)c3)c(CN3CCC[C@H]3CO)c3c2CCC3)cccc1-c1ccccc1. The smallest absolute Gasteiger partial charge is 0.248 e. The summed E-state index contributed by atoms with van der Waals surface area (Å²) in [6.45, 7) is 4.82. The molecule has 0 unspecified atom stereocenters. The van der Waals surface area contributed by atoms with Gasteiger partial charge in [-0.3, -0.25) is 9.69 Å². The summed E-state index contributed by atoms with van der Waals surface area (Å²) >= 11 is 0. The molecule has 222 valence electrons. The van der Waals surface area contributed by atoms with E-state index in [4.69, 9.17) is 15.2 Å². The van der Waals surface area contributed by atoms with Gasteiger partial charge in [-0.2, -0.15) is 0 Å². The zero-order valence-electron chi connectivity index (χ0n) is 24.9. The van der Waals surface area contributed by atoms with E-state index < -0.39 is 5.91 Å². The van der Waals surface area contributed by atoms with Crippen LogP contribution in [-0.2, 0) is 32.6 Å². The fourth-order valence-corrected chi connectivity index (χ4v) is 6.64. The number of rotatable bonds is 11. The van der Waals surface area contributed by atoms with Crippen molar-refractivity contribution in [3.05, 3.63) is 118 Å². The van der Waals surface area contributed by atoms with Gasteiger partial charge in [0.25, 0.3) is 0 Å². The lowest BCUT2D eigenvalue weighted by Gasteiger charge is -2.26. The number of aliphatic hydroxyl groups is 1. The normalized spacial score (nSPS) is 16.3. The molecule has 1 aliphatic heterocycles. The van der Waals surface area contributed by atoms with Gasteiger partial charge in [0.05, 0.1) is 6.61 Å². The number of fused-ring (bicyclic) bond motifs is 1. The standard InChI is InChI=1S/C37H40N2O4/c1-25-29(13-6-15-31(25)27-10-3-2-4-11-27)24-43-35-20-36(42-23-26-9-5-12-28(19-26)37(38)41)34(32-16-7-17-33(32)35)21-39-18-8-14-30(39)22-40/h2-6,9-13,15,19-20,30,40H,7-8,14,16-18,21-24H2,1H3,(H2,38,41)/t30-/m0/s1. The Morgan fingerprint density at radius 1 is 0.907 bits per heavy atom. The van der Waals surface area contributed by atoms with Gasteiger partial charge < -0.3 is 20.3 Å². The topological polar surface area (TPSA) is 85.0 Å². The Morgan fingerprint density at radius 2 is 1.70 bits per heavy atom. The van der Waals surface area contributed by atoms with Crippen LogP contribution in [0.2, 0.25) is 0 Å². The molecule has 1 atom stereocenters. The van der Waals surface area contributed by atoms with Crippen molar-refractivity contribution in [2.45, 2.75) is 64.8 Å². The number of hydrogen-bond acceptors (Lipinski definition) is 5. The summed E-state index contributed by atoms with van der Waals surface area (Å²) in [7, 11) is 0. The molecule has 3 N–H and O–H groups in total. The molecule has 6 nitrogen and oxygen atoms in total. The highest BCUT2D eigenvalue weighted by Gasteiger charge is 2.29. The van der Waals surface area contributed by atoms with E-state index in [1.54, 1.807) is 12.1 Å². The number of benzene rings is 4. The van der Waals surface area contributed by atoms with Crippen LogP contribution in [0.25, 0.3) is 11.1 Å². The molecule has 1 saturated heterocycles. The first-order valence-electron chi connectivity index (χ1n) is 15.3. The first-order chi connectivity index (χ1) is 21.0.